The molecule has 0 aromatic heterocycles. The van der Waals surface area contributed by atoms with Crippen LogP contribution in [0.25, 0.3) is 0 Å². The van der Waals surface area contributed by atoms with Crippen molar-refractivity contribution in [1.29, 1.82) is 0 Å². The molecule has 4 nitrogen and oxygen atoms in total. The van der Waals surface area contributed by atoms with Gasteiger partial charge in [-0.05, 0) is 49.6 Å². The zero-order chi connectivity index (χ0) is 18.0. The van der Waals surface area contributed by atoms with Crippen molar-refractivity contribution in [1.82, 2.24) is 4.90 Å². The molecule has 0 radical (unpaired) electrons. The molecule has 1 saturated heterocycles. The molecular formula is C21H27ClN2O2. The molecule has 1 amide bonds. The molecule has 1 heterocycles. The van der Waals surface area contributed by atoms with E-state index in [4.69, 9.17) is 10.5 Å². The maximum absolute atomic E-state index is 12.8. The highest BCUT2D eigenvalue weighted by atomic mass is 35.5. The number of nitrogens with zero attached hydrogens (tertiary/aromatic N) is 1. The summed E-state index contributed by atoms with van der Waals surface area (Å²) < 4.78 is 6.05. The second-order valence-electron chi connectivity index (χ2n) is 7.00. The van der Waals surface area contributed by atoms with Crippen LogP contribution in [0.3, 0.4) is 0 Å². The fourth-order valence-electron chi connectivity index (χ4n) is 3.31. The van der Waals surface area contributed by atoms with E-state index in [0.717, 1.165) is 5.56 Å². The van der Waals surface area contributed by atoms with Gasteiger partial charge in [-0.2, -0.15) is 0 Å². The Labute approximate surface area is 161 Å². The number of ether oxygens (including phenoxy) is 1. The number of amides is 1. The molecule has 0 spiro atoms. The highest BCUT2D eigenvalue weighted by Gasteiger charge is 2.31. The van der Waals surface area contributed by atoms with E-state index in [2.05, 4.69) is 32.0 Å². The van der Waals surface area contributed by atoms with Crippen LogP contribution in [-0.4, -0.2) is 30.0 Å². The minimum absolute atomic E-state index is 0. The number of hydrogen-bond acceptors (Lipinski definition) is 3. The van der Waals surface area contributed by atoms with Gasteiger partial charge in [-0.1, -0.05) is 35.9 Å². The van der Waals surface area contributed by atoms with Crippen LogP contribution >= 0.6 is 12.4 Å². The number of carbonyl (C=O) groups excluding carboxylic acids is 1. The Morgan fingerprint density at radius 3 is 2.58 bits per heavy atom. The molecule has 1 aliphatic heterocycles. The molecule has 0 saturated carbocycles. The molecule has 26 heavy (non-hydrogen) atoms. The Morgan fingerprint density at radius 1 is 1.19 bits per heavy atom. The third kappa shape index (κ3) is 4.57. The molecule has 2 aromatic rings. The van der Waals surface area contributed by atoms with Crippen LogP contribution in [0.5, 0.6) is 0 Å². The third-order valence-electron chi connectivity index (χ3n) is 4.87. The van der Waals surface area contributed by atoms with Gasteiger partial charge in [-0.15, -0.1) is 12.4 Å². The number of nitrogens with two attached hydrogens (primary N) is 1. The number of anilines is 1. The topological polar surface area (TPSA) is 55.6 Å². The number of nitrogen functional groups attached to an aromatic ring is 1. The number of aryl methyl sites for hydroxylation is 2. The summed E-state index contributed by atoms with van der Waals surface area (Å²) in [5, 5.41) is 0. The standard InChI is InChI=1S/C21H26N2O2.ClH/c1-14-4-5-15(2)19(10-14)20-12-23(16(3)13-25-20)21(24)11-17-6-8-18(22)9-7-17;/h4-10,16,20H,11-13,22H2,1-3H3;1H. The lowest BCUT2D eigenvalue weighted by atomic mass is 9.98. The monoisotopic (exact) mass is 374 g/mol. The molecular weight excluding hydrogens is 348 g/mol. The summed E-state index contributed by atoms with van der Waals surface area (Å²) in [6, 6.07) is 14.0. The van der Waals surface area contributed by atoms with Crippen LogP contribution in [0.2, 0.25) is 0 Å². The Kier molecular flexibility index (Phi) is 6.68. The zero-order valence-corrected chi connectivity index (χ0v) is 16.4. The van der Waals surface area contributed by atoms with Crippen LogP contribution in [0.15, 0.2) is 42.5 Å². The fraction of sp³-hybridized carbons (Fsp3) is 0.381. The molecule has 3 rings (SSSR count). The number of hydrogen-bond donors (Lipinski definition) is 1. The van der Waals surface area contributed by atoms with Crippen LogP contribution < -0.4 is 5.73 Å². The predicted molar refractivity (Wildman–Crippen MR) is 108 cm³/mol. The van der Waals surface area contributed by atoms with Crippen molar-refractivity contribution in [3.8, 4) is 0 Å². The third-order valence-corrected chi connectivity index (χ3v) is 4.87. The summed E-state index contributed by atoms with van der Waals surface area (Å²) in [4.78, 5) is 14.8. The van der Waals surface area contributed by atoms with E-state index in [-0.39, 0.29) is 30.5 Å². The molecule has 2 aromatic carbocycles. The first-order valence-electron chi connectivity index (χ1n) is 8.76. The van der Waals surface area contributed by atoms with Crippen molar-refractivity contribution < 1.29 is 9.53 Å². The van der Waals surface area contributed by atoms with Crippen molar-refractivity contribution >= 4 is 24.0 Å². The van der Waals surface area contributed by atoms with E-state index < -0.39 is 0 Å². The predicted octanol–water partition coefficient (Wildman–Crippen LogP) is 3.84. The average molecular weight is 375 g/mol. The molecule has 5 heteroatoms. The Balaban J connectivity index is 0.00000243. The summed E-state index contributed by atoms with van der Waals surface area (Å²) in [7, 11) is 0. The van der Waals surface area contributed by atoms with Crippen molar-refractivity contribution in [2.24, 2.45) is 0 Å². The quantitative estimate of drug-likeness (QED) is 0.830. The minimum atomic E-state index is -0.0635. The SMILES string of the molecule is Cc1ccc(C)c(C2CN(C(=O)Cc3ccc(N)cc3)C(C)CO2)c1.Cl. The molecule has 1 aliphatic rings. The molecule has 140 valence electrons. The van der Waals surface area contributed by atoms with Crippen molar-refractivity contribution in [2.45, 2.75) is 39.3 Å². The Morgan fingerprint density at radius 2 is 1.88 bits per heavy atom. The summed E-state index contributed by atoms with van der Waals surface area (Å²) in [6.45, 7) is 7.38. The number of benzene rings is 2. The summed E-state index contributed by atoms with van der Waals surface area (Å²) in [5.41, 5.74) is 11.0. The normalized spacial score (nSPS) is 19.7. The summed E-state index contributed by atoms with van der Waals surface area (Å²) in [5.74, 6) is 0.135. The minimum Gasteiger partial charge on any atom is -0.399 e. The van der Waals surface area contributed by atoms with Crippen molar-refractivity contribution in [2.75, 3.05) is 18.9 Å². The second kappa shape index (κ2) is 8.56. The van der Waals surface area contributed by atoms with Gasteiger partial charge in [0.1, 0.15) is 6.10 Å². The first-order valence-corrected chi connectivity index (χ1v) is 8.76. The van der Waals surface area contributed by atoms with E-state index in [1.54, 1.807) is 0 Å². The summed E-state index contributed by atoms with van der Waals surface area (Å²) >= 11 is 0. The molecule has 2 atom stereocenters. The van der Waals surface area contributed by atoms with Gasteiger partial charge in [0.2, 0.25) is 5.91 Å². The number of rotatable bonds is 3. The molecule has 0 aliphatic carbocycles. The smallest absolute Gasteiger partial charge is 0.227 e. The number of halogens is 1. The average Bonchev–Trinajstić information content (AvgIpc) is 2.59. The van der Waals surface area contributed by atoms with Crippen LogP contribution in [0.4, 0.5) is 5.69 Å². The van der Waals surface area contributed by atoms with Gasteiger partial charge in [-0.3, -0.25) is 4.79 Å². The first-order chi connectivity index (χ1) is 11.9. The largest absolute Gasteiger partial charge is 0.399 e. The maximum atomic E-state index is 12.8. The molecule has 1 fully saturated rings. The van der Waals surface area contributed by atoms with E-state index >= 15 is 0 Å². The van der Waals surface area contributed by atoms with E-state index in [1.807, 2.05) is 36.1 Å². The van der Waals surface area contributed by atoms with E-state index in [1.165, 1.54) is 16.7 Å². The van der Waals surface area contributed by atoms with Gasteiger partial charge in [0.25, 0.3) is 0 Å². The lowest BCUT2D eigenvalue weighted by Crippen LogP contribution is -2.48. The Hall–Kier alpha value is -2.04. The Bertz CT molecular complexity index is 761. The van der Waals surface area contributed by atoms with Crippen LogP contribution in [0.1, 0.15) is 35.3 Å². The maximum Gasteiger partial charge on any atom is 0.227 e. The van der Waals surface area contributed by atoms with Gasteiger partial charge < -0.3 is 15.4 Å². The second-order valence-corrected chi connectivity index (χ2v) is 7.00. The lowest BCUT2D eigenvalue weighted by molar-refractivity contribution is -0.143. The van der Waals surface area contributed by atoms with Gasteiger partial charge >= 0.3 is 0 Å². The van der Waals surface area contributed by atoms with Crippen LogP contribution in [-0.2, 0) is 16.0 Å². The number of carbonyl (C=O) groups is 1. The highest BCUT2D eigenvalue weighted by molar-refractivity contribution is 5.85. The molecule has 0 bridgehead atoms. The van der Waals surface area contributed by atoms with E-state index in [0.29, 0.717) is 25.3 Å². The first kappa shape index (κ1) is 20.3. The molecule has 2 N–H and O–H groups in total. The van der Waals surface area contributed by atoms with Gasteiger partial charge in [0.05, 0.1) is 25.6 Å². The van der Waals surface area contributed by atoms with E-state index in [9.17, 15) is 4.79 Å². The van der Waals surface area contributed by atoms with Crippen molar-refractivity contribution in [3.05, 3.63) is 64.7 Å². The fourth-order valence-corrected chi connectivity index (χ4v) is 3.31. The van der Waals surface area contributed by atoms with Gasteiger partial charge in [0, 0.05) is 5.69 Å². The molecule has 2 unspecified atom stereocenters. The number of morpholine rings is 1. The lowest BCUT2D eigenvalue weighted by Gasteiger charge is -2.39. The highest BCUT2D eigenvalue weighted by Crippen LogP contribution is 2.28. The zero-order valence-electron chi connectivity index (χ0n) is 15.6. The summed E-state index contributed by atoms with van der Waals surface area (Å²) in [6.07, 6.45) is 0.330. The van der Waals surface area contributed by atoms with Gasteiger partial charge in [0.15, 0.2) is 0 Å². The van der Waals surface area contributed by atoms with Crippen molar-refractivity contribution in [3.63, 3.8) is 0 Å². The van der Waals surface area contributed by atoms with Gasteiger partial charge in [-0.25, -0.2) is 0 Å². The van der Waals surface area contributed by atoms with Crippen LogP contribution in [0, 0.1) is 13.8 Å².